The van der Waals surface area contributed by atoms with Gasteiger partial charge in [0, 0.05) is 43.9 Å². The molecule has 8 nitrogen and oxygen atoms in total. The molecule has 2 amide bonds. The SMILES string of the molecule is COCC#Cc1cnc2c(c1)C(=O)N([C@@H](C)CO)C[C@@H](C)[C@H](CN(C)C(=O)c1cccc(F)c1)O2. The number of aliphatic hydroxyl groups excluding tert-OH is 1. The molecule has 2 heterocycles. The van der Waals surface area contributed by atoms with Crippen molar-refractivity contribution in [1.29, 1.82) is 0 Å². The second kappa shape index (κ2) is 11.8. The Hall–Kier alpha value is -3.48. The van der Waals surface area contributed by atoms with E-state index in [1.807, 2.05) is 6.92 Å². The normalized spacial score (nSPS) is 18.3. The van der Waals surface area contributed by atoms with E-state index in [1.165, 1.54) is 36.4 Å². The molecule has 0 fully saturated rings. The van der Waals surface area contributed by atoms with Gasteiger partial charge in [0.1, 0.15) is 24.1 Å². The van der Waals surface area contributed by atoms with E-state index in [4.69, 9.17) is 9.47 Å². The first-order valence-electron chi connectivity index (χ1n) is 11.3. The Morgan fingerprint density at radius 1 is 1.43 bits per heavy atom. The molecule has 35 heavy (non-hydrogen) atoms. The molecule has 2 aromatic rings. The van der Waals surface area contributed by atoms with Crippen molar-refractivity contribution in [3.63, 3.8) is 0 Å². The van der Waals surface area contributed by atoms with E-state index < -0.39 is 18.0 Å². The molecule has 0 aliphatic carbocycles. The molecule has 0 radical (unpaired) electrons. The molecule has 0 unspecified atom stereocenters. The van der Waals surface area contributed by atoms with Crippen molar-refractivity contribution in [3.05, 3.63) is 59.0 Å². The number of carbonyl (C=O) groups excluding carboxylic acids is 2. The third-order valence-corrected chi connectivity index (χ3v) is 5.84. The summed E-state index contributed by atoms with van der Waals surface area (Å²) in [6.07, 6.45) is 0.996. The fourth-order valence-electron chi connectivity index (χ4n) is 3.79. The highest BCUT2D eigenvalue weighted by molar-refractivity contribution is 5.97. The number of fused-ring (bicyclic) bond motifs is 1. The minimum atomic E-state index is -0.518. The lowest BCUT2D eigenvalue weighted by Gasteiger charge is -2.37. The van der Waals surface area contributed by atoms with Gasteiger partial charge in [0.25, 0.3) is 11.8 Å². The fraction of sp³-hybridized carbons (Fsp3) is 0.423. The van der Waals surface area contributed by atoms with E-state index in [0.29, 0.717) is 12.1 Å². The van der Waals surface area contributed by atoms with Crippen LogP contribution in [0.3, 0.4) is 0 Å². The van der Waals surface area contributed by atoms with Gasteiger partial charge in [-0.05, 0) is 31.2 Å². The summed E-state index contributed by atoms with van der Waals surface area (Å²) < 4.78 is 24.7. The molecule has 1 aromatic heterocycles. The Bertz CT molecular complexity index is 1130. The number of rotatable bonds is 6. The quantitative estimate of drug-likeness (QED) is 0.634. The molecule has 3 rings (SSSR count). The number of carbonyl (C=O) groups is 2. The molecule has 1 aliphatic rings. The first kappa shape index (κ1) is 26.1. The van der Waals surface area contributed by atoms with Crippen molar-refractivity contribution < 1.29 is 28.6 Å². The Labute approximate surface area is 204 Å². The number of likely N-dealkylation sites (N-methyl/N-ethyl adjacent to an activating group) is 1. The summed E-state index contributed by atoms with van der Waals surface area (Å²) in [6.45, 7) is 4.18. The molecule has 0 saturated carbocycles. The Morgan fingerprint density at radius 2 is 2.20 bits per heavy atom. The largest absolute Gasteiger partial charge is 0.472 e. The Morgan fingerprint density at radius 3 is 2.89 bits per heavy atom. The van der Waals surface area contributed by atoms with E-state index in [1.54, 1.807) is 31.0 Å². The summed E-state index contributed by atoms with van der Waals surface area (Å²) in [5.74, 6) is 4.50. The zero-order valence-corrected chi connectivity index (χ0v) is 20.3. The summed E-state index contributed by atoms with van der Waals surface area (Å²) in [5.41, 5.74) is 0.984. The number of methoxy groups -OCH3 is 1. The lowest BCUT2D eigenvalue weighted by atomic mass is 9.99. The third-order valence-electron chi connectivity index (χ3n) is 5.84. The van der Waals surface area contributed by atoms with Crippen LogP contribution in [-0.4, -0.2) is 84.3 Å². The summed E-state index contributed by atoms with van der Waals surface area (Å²) >= 11 is 0. The fourth-order valence-corrected chi connectivity index (χ4v) is 3.79. The van der Waals surface area contributed by atoms with Crippen molar-refractivity contribution in [2.24, 2.45) is 5.92 Å². The van der Waals surface area contributed by atoms with Gasteiger partial charge in [-0.2, -0.15) is 0 Å². The summed E-state index contributed by atoms with van der Waals surface area (Å²) in [4.78, 5) is 33.7. The second-order valence-corrected chi connectivity index (χ2v) is 8.63. The van der Waals surface area contributed by atoms with Gasteiger partial charge in [-0.3, -0.25) is 9.59 Å². The van der Waals surface area contributed by atoms with Crippen LogP contribution in [0.1, 0.15) is 40.1 Å². The number of pyridine rings is 1. The van der Waals surface area contributed by atoms with Crippen molar-refractivity contribution in [2.45, 2.75) is 26.0 Å². The number of hydrogen-bond donors (Lipinski definition) is 1. The van der Waals surface area contributed by atoms with Gasteiger partial charge in [-0.1, -0.05) is 24.8 Å². The minimum absolute atomic E-state index is 0.130. The predicted octanol–water partition coefficient (Wildman–Crippen LogP) is 2.21. The molecule has 1 aliphatic heterocycles. The number of amides is 2. The minimum Gasteiger partial charge on any atom is -0.472 e. The molecule has 3 atom stereocenters. The maximum atomic E-state index is 13.6. The van der Waals surface area contributed by atoms with Crippen LogP contribution in [0.2, 0.25) is 0 Å². The van der Waals surface area contributed by atoms with E-state index in [9.17, 15) is 19.1 Å². The smallest absolute Gasteiger partial charge is 0.259 e. The Balaban J connectivity index is 1.93. The predicted molar refractivity (Wildman–Crippen MR) is 128 cm³/mol. The summed E-state index contributed by atoms with van der Waals surface area (Å²) in [5, 5.41) is 9.77. The lowest BCUT2D eigenvalue weighted by molar-refractivity contribution is 0.0313. The third kappa shape index (κ3) is 6.35. The van der Waals surface area contributed by atoms with Crippen LogP contribution >= 0.6 is 0 Å². The van der Waals surface area contributed by atoms with Crippen LogP contribution < -0.4 is 4.74 Å². The van der Waals surface area contributed by atoms with Gasteiger partial charge < -0.3 is 24.4 Å². The topological polar surface area (TPSA) is 92.2 Å². The number of aromatic nitrogens is 1. The van der Waals surface area contributed by atoms with Crippen LogP contribution in [-0.2, 0) is 4.74 Å². The average molecular weight is 484 g/mol. The summed E-state index contributed by atoms with van der Waals surface area (Å²) in [6, 6.07) is 6.68. The first-order valence-corrected chi connectivity index (χ1v) is 11.3. The van der Waals surface area contributed by atoms with Crippen molar-refractivity contribution in [3.8, 4) is 17.7 Å². The lowest BCUT2D eigenvalue weighted by Crippen LogP contribution is -2.50. The van der Waals surface area contributed by atoms with Gasteiger partial charge >= 0.3 is 0 Å². The molecule has 0 bridgehead atoms. The van der Waals surface area contributed by atoms with Crippen LogP contribution in [0.5, 0.6) is 5.88 Å². The molecule has 9 heteroatoms. The molecule has 186 valence electrons. The van der Waals surface area contributed by atoms with Gasteiger partial charge in [0.05, 0.1) is 19.2 Å². The highest BCUT2D eigenvalue weighted by Crippen LogP contribution is 2.27. The standard InChI is InChI=1S/C26H30FN3O5/c1-17-14-30(18(2)16-31)26(33)22-11-19(7-6-10-34-4)13-28-24(22)35-23(17)15-29(3)25(32)20-8-5-9-21(27)12-20/h5,8-9,11-13,17-18,23,31H,10,14-16H2,1-4H3/t17-,18+,23+/m1/s1. The van der Waals surface area contributed by atoms with Crippen molar-refractivity contribution in [1.82, 2.24) is 14.8 Å². The maximum Gasteiger partial charge on any atom is 0.259 e. The van der Waals surface area contributed by atoms with Crippen molar-refractivity contribution in [2.75, 3.05) is 40.5 Å². The van der Waals surface area contributed by atoms with Crippen LogP contribution in [0, 0.1) is 23.6 Å². The van der Waals surface area contributed by atoms with Gasteiger partial charge in [-0.25, -0.2) is 9.37 Å². The molecule has 1 N–H and O–H groups in total. The van der Waals surface area contributed by atoms with Crippen LogP contribution in [0.15, 0.2) is 36.5 Å². The second-order valence-electron chi connectivity index (χ2n) is 8.63. The monoisotopic (exact) mass is 483 g/mol. The number of benzene rings is 1. The van der Waals surface area contributed by atoms with Gasteiger partial charge in [0.2, 0.25) is 5.88 Å². The van der Waals surface area contributed by atoms with Crippen LogP contribution in [0.4, 0.5) is 4.39 Å². The van der Waals surface area contributed by atoms with Crippen LogP contribution in [0.25, 0.3) is 0 Å². The van der Waals surface area contributed by atoms with E-state index >= 15 is 0 Å². The molecular weight excluding hydrogens is 453 g/mol. The highest BCUT2D eigenvalue weighted by atomic mass is 19.1. The van der Waals surface area contributed by atoms with E-state index in [-0.39, 0.29) is 54.5 Å². The number of ether oxygens (including phenoxy) is 2. The Kier molecular flexibility index (Phi) is 8.79. The van der Waals surface area contributed by atoms with Crippen molar-refractivity contribution >= 4 is 11.8 Å². The first-order chi connectivity index (χ1) is 16.7. The number of halogens is 1. The zero-order valence-electron chi connectivity index (χ0n) is 20.3. The van der Waals surface area contributed by atoms with E-state index in [2.05, 4.69) is 16.8 Å². The molecule has 0 spiro atoms. The number of hydrogen-bond acceptors (Lipinski definition) is 6. The molecular formula is C26H30FN3O5. The molecule has 0 saturated heterocycles. The van der Waals surface area contributed by atoms with E-state index in [0.717, 1.165) is 0 Å². The van der Waals surface area contributed by atoms with Gasteiger partial charge in [0.15, 0.2) is 0 Å². The number of nitrogens with zero attached hydrogens (tertiary/aromatic N) is 3. The summed E-state index contributed by atoms with van der Waals surface area (Å²) in [7, 11) is 3.15. The maximum absolute atomic E-state index is 13.6. The zero-order chi connectivity index (χ0) is 25.5. The van der Waals surface area contributed by atoms with Gasteiger partial charge in [-0.15, -0.1) is 0 Å². The highest BCUT2D eigenvalue weighted by Gasteiger charge is 2.34. The number of aliphatic hydroxyl groups is 1. The average Bonchev–Trinajstić information content (AvgIpc) is 2.85. The molecule has 1 aromatic carbocycles.